The van der Waals surface area contributed by atoms with Gasteiger partial charge in [-0.1, -0.05) is 37.6 Å². The maximum atomic E-state index is 10.8. The molecule has 18 heavy (non-hydrogen) atoms. The molecule has 3 heteroatoms. The predicted molar refractivity (Wildman–Crippen MR) is 71.9 cm³/mol. The lowest BCUT2D eigenvalue weighted by Crippen LogP contribution is -2.10. The van der Waals surface area contributed by atoms with Gasteiger partial charge in [-0.15, -0.1) is 0 Å². The quantitative estimate of drug-likeness (QED) is 0.219. The van der Waals surface area contributed by atoms with Crippen LogP contribution in [0.3, 0.4) is 0 Å². The van der Waals surface area contributed by atoms with Gasteiger partial charge in [-0.25, -0.2) is 0 Å². The first-order valence-electron chi connectivity index (χ1n) is 6.30. The number of carbonyl (C=O) groups is 1. The van der Waals surface area contributed by atoms with Gasteiger partial charge >= 0.3 is 6.29 Å². The Kier molecular flexibility index (Phi) is 8.01. The molecule has 0 heterocycles. The second kappa shape index (κ2) is 8.67. The van der Waals surface area contributed by atoms with Gasteiger partial charge in [-0.3, -0.25) is 0 Å². The minimum atomic E-state index is -0.0654. The second-order valence-corrected chi connectivity index (χ2v) is 5.35. The van der Waals surface area contributed by atoms with E-state index in [-0.39, 0.29) is 11.2 Å². The molecule has 0 aromatic carbocycles. The average Bonchev–Trinajstić information content (AvgIpc) is 2.25. The third-order valence-electron chi connectivity index (χ3n) is 2.68. The zero-order chi connectivity index (χ0) is 14.0. The summed E-state index contributed by atoms with van der Waals surface area (Å²) < 4.78 is 3.73. The average molecular weight is 252 g/mol. The Morgan fingerprint density at radius 1 is 1.33 bits per heavy atom. The maximum absolute atomic E-state index is 10.8. The van der Waals surface area contributed by atoms with Crippen molar-refractivity contribution in [2.45, 2.75) is 53.4 Å². The van der Waals surface area contributed by atoms with Gasteiger partial charge < -0.3 is 10.1 Å². The molecule has 0 rings (SSSR count). The standard InChI is InChI=1S/C15H24O3/c1-13(7-5-9-14(2)16)8-6-10-15(3,4)11-12-18-17/h6-7,10,12H,5,8-9,11H2,1-4H3/b10-6+,13-7+. The highest BCUT2D eigenvalue weighted by atomic mass is 17.1. The third kappa shape index (κ3) is 9.82. The lowest BCUT2D eigenvalue weighted by atomic mass is 9.89. The van der Waals surface area contributed by atoms with E-state index in [9.17, 15) is 10.1 Å². The maximum Gasteiger partial charge on any atom is 0.319 e. The van der Waals surface area contributed by atoms with Crippen molar-refractivity contribution in [3.8, 4) is 0 Å². The SMILES string of the molecule is CC(=O)CC/C=C(\C)C/C=C/C(C)(C)CC=[O+][O-]. The van der Waals surface area contributed by atoms with Crippen LogP contribution in [0.4, 0.5) is 0 Å². The van der Waals surface area contributed by atoms with Gasteiger partial charge in [0.1, 0.15) is 5.78 Å². The smallest absolute Gasteiger partial charge is 0.319 e. The van der Waals surface area contributed by atoms with Crippen LogP contribution in [0, 0.1) is 5.41 Å². The fourth-order valence-corrected chi connectivity index (χ4v) is 1.49. The first-order chi connectivity index (χ1) is 8.37. The minimum absolute atomic E-state index is 0.0654. The Bertz CT molecular complexity index is 336. The molecule has 0 spiro atoms. The Morgan fingerprint density at radius 2 is 2.00 bits per heavy atom. The molecule has 0 radical (unpaired) electrons. The number of hydrogen-bond donors (Lipinski definition) is 0. The molecule has 0 aliphatic heterocycles. The summed E-state index contributed by atoms with van der Waals surface area (Å²) in [5.41, 5.74) is 1.19. The fourth-order valence-electron chi connectivity index (χ4n) is 1.49. The highest BCUT2D eigenvalue weighted by Crippen LogP contribution is 2.21. The van der Waals surface area contributed by atoms with E-state index in [1.54, 1.807) is 6.92 Å². The molecule has 0 aliphatic rings. The third-order valence-corrected chi connectivity index (χ3v) is 2.68. The number of rotatable bonds is 8. The van der Waals surface area contributed by atoms with Crippen molar-refractivity contribution in [1.29, 1.82) is 0 Å². The van der Waals surface area contributed by atoms with E-state index in [1.807, 2.05) is 13.8 Å². The Hall–Kier alpha value is -1.38. The molecular weight excluding hydrogens is 228 g/mol. The van der Waals surface area contributed by atoms with Crippen LogP contribution >= 0.6 is 0 Å². The summed E-state index contributed by atoms with van der Waals surface area (Å²) >= 11 is 0. The van der Waals surface area contributed by atoms with Crippen molar-refractivity contribution in [2.75, 3.05) is 0 Å². The zero-order valence-electron chi connectivity index (χ0n) is 11.9. The summed E-state index contributed by atoms with van der Waals surface area (Å²) in [5.74, 6) is 0.226. The van der Waals surface area contributed by atoms with Gasteiger partial charge in [0.15, 0.2) is 0 Å². The van der Waals surface area contributed by atoms with Crippen molar-refractivity contribution in [3.05, 3.63) is 23.8 Å². The largest absolute Gasteiger partial charge is 0.463 e. The van der Waals surface area contributed by atoms with E-state index in [0.717, 1.165) is 12.8 Å². The van der Waals surface area contributed by atoms with Crippen molar-refractivity contribution >= 4 is 12.1 Å². The van der Waals surface area contributed by atoms with E-state index in [0.29, 0.717) is 12.8 Å². The molecule has 0 N–H and O–H groups in total. The fraction of sp³-hybridized carbons (Fsp3) is 0.600. The van der Waals surface area contributed by atoms with Crippen molar-refractivity contribution < 1.29 is 14.6 Å². The number of ketones is 1. The molecule has 0 atom stereocenters. The predicted octanol–water partition coefficient (Wildman–Crippen LogP) is 2.67. The Morgan fingerprint density at radius 3 is 2.56 bits per heavy atom. The van der Waals surface area contributed by atoms with Crippen LogP contribution in [0.5, 0.6) is 0 Å². The summed E-state index contributed by atoms with van der Waals surface area (Å²) in [5, 5.41) is 9.92. The van der Waals surface area contributed by atoms with Crippen molar-refractivity contribution in [2.24, 2.45) is 5.41 Å². The first kappa shape index (κ1) is 16.6. The normalized spacial score (nSPS) is 13.7. The van der Waals surface area contributed by atoms with Gasteiger partial charge in [0.05, 0.1) is 6.42 Å². The lowest BCUT2D eigenvalue weighted by molar-refractivity contribution is -1.04. The van der Waals surface area contributed by atoms with E-state index in [1.165, 1.54) is 11.9 Å². The van der Waals surface area contributed by atoms with Gasteiger partial charge in [0.25, 0.3) is 0 Å². The van der Waals surface area contributed by atoms with Gasteiger partial charge in [-0.2, -0.15) is 4.58 Å². The molecule has 0 unspecified atom stereocenters. The van der Waals surface area contributed by atoms with Crippen LogP contribution in [0.25, 0.3) is 0 Å². The molecule has 0 bridgehead atoms. The van der Waals surface area contributed by atoms with Gasteiger partial charge in [0.2, 0.25) is 0 Å². The summed E-state index contributed by atoms with van der Waals surface area (Å²) in [4.78, 5) is 10.8. The van der Waals surface area contributed by atoms with Crippen LogP contribution in [0.1, 0.15) is 53.4 Å². The molecule has 0 aromatic heterocycles. The van der Waals surface area contributed by atoms with Crippen LogP contribution in [-0.2, 0) is 9.37 Å². The summed E-state index contributed by atoms with van der Waals surface area (Å²) in [7, 11) is 0. The molecular formula is C15H24O3. The van der Waals surface area contributed by atoms with E-state index >= 15 is 0 Å². The molecule has 0 fully saturated rings. The number of Topliss-reactive ketones (excluding diaryl/α,β-unsaturated/α-hetero) is 1. The first-order valence-corrected chi connectivity index (χ1v) is 6.30. The summed E-state index contributed by atoms with van der Waals surface area (Å²) in [6.45, 7) is 7.77. The minimum Gasteiger partial charge on any atom is -0.463 e. The topological polar surface area (TPSA) is 51.4 Å². The molecule has 3 nitrogen and oxygen atoms in total. The van der Waals surface area contributed by atoms with Crippen LogP contribution in [0.15, 0.2) is 23.8 Å². The number of aldehydes is 1. The number of allylic oxidation sites excluding steroid dienone is 4. The molecule has 0 saturated heterocycles. The van der Waals surface area contributed by atoms with Crippen molar-refractivity contribution in [3.63, 3.8) is 0 Å². The molecule has 0 aromatic rings. The molecule has 0 aliphatic carbocycles. The van der Waals surface area contributed by atoms with Crippen molar-refractivity contribution in [1.82, 2.24) is 0 Å². The molecule has 0 saturated carbocycles. The van der Waals surface area contributed by atoms with E-state index in [4.69, 9.17) is 0 Å². The summed E-state index contributed by atoms with van der Waals surface area (Å²) in [6, 6.07) is 0. The van der Waals surface area contributed by atoms with Gasteiger partial charge in [-0.05, 0) is 32.1 Å². The van der Waals surface area contributed by atoms with Crippen LogP contribution in [0.2, 0.25) is 0 Å². The summed E-state index contributed by atoms with van der Waals surface area (Å²) in [6.07, 6.45) is 10.5. The molecule has 102 valence electrons. The van der Waals surface area contributed by atoms with Crippen LogP contribution < -0.4 is 5.26 Å². The highest BCUT2D eigenvalue weighted by Gasteiger charge is 2.14. The lowest BCUT2D eigenvalue weighted by Gasteiger charge is -2.14. The number of hydrogen-bond acceptors (Lipinski definition) is 2. The Balaban J connectivity index is 4.10. The molecule has 0 amide bonds. The van der Waals surface area contributed by atoms with Crippen LogP contribution in [-0.4, -0.2) is 12.1 Å². The van der Waals surface area contributed by atoms with Gasteiger partial charge in [0, 0.05) is 6.42 Å². The second-order valence-electron chi connectivity index (χ2n) is 5.35. The monoisotopic (exact) mass is 252 g/mol. The highest BCUT2D eigenvalue weighted by molar-refractivity contribution is 5.75. The zero-order valence-corrected chi connectivity index (χ0v) is 11.9. The van der Waals surface area contributed by atoms with E-state index in [2.05, 4.69) is 29.7 Å². The van der Waals surface area contributed by atoms with E-state index < -0.39 is 0 Å². The number of carbonyl (C=O) groups excluding carboxylic acids is 2. The Labute approximate surface area is 110 Å².